The first-order chi connectivity index (χ1) is 11.2. The number of rotatable bonds is 8. The van der Waals surface area contributed by atoms with Gasteiger partial charge in [0.25, 0.3) is 5.91 Å². The Hall–Kier alpha value is -2.34. The van der Waals surface area contributed by atoms with Crippen molar-refractivity contribution in [1.82, 2.24) is 15.2 Å². The molecule has 1 aromatic carbocycles. The lowest BCUT2D eigenvalue weighted by Crippen LogP contribution is -2.36. The molecule has 2 rings (SSSR count). The summed E-state index contributed by atoms with van der Waals surface area (Å²) in [7, 11) is 1.54. The van der Waals surface area contributed by atoms with Gasteiger partial charge in [0.05, 0.1) is 6.54 Å². The summed E-state index contributed by atoms with van der Waals surface area (Å²) in [5, 5.41) is 6.17. The van der Waals surface area contributed by atoms with Crippen molar-refractivity contribution < 1.29 is 9.59 Å². The quantitative estimate of drug-likeness (QED) is 0.640. The molecular weight excluding hydrogens is 292 g/mol. The van der Waals surface area contributed by atoms with Gasteiger partial charge >= 0.3 is 0 Å². The number of aromatic nitrogens is 1. The van der Waals surface area contributed by atoms with Crippen molar-refractivity contribution in [2.24, 2.45) is 5.73 Å². The van der Waals surface area contributed by atoms with Crippen molar-refractivity contribution >= 4 is 22.7 Å². The zero-order valence-corrected chi connectivity index (χ0v) is 13.5. The molecule has 0 atom stereocenters. The molecule has 4 N–H and O–H groups in total. The fourth-order valence-electron chi connectivity index (χ4n) is 2.57. The van der Waals surface area contributed by atoms with Gasteiger partial charge in [-0.2, -0.15) is 0 Å². The van der Waals surface area contributed by atoms with Crippen LogP contribution in [-0.4, -0.2) is 36.5 Å². The van der Waals surface area contributed by atoms with Crippen molar-refractivity contribution in [2.45, 2.75) is 25.8 Å². The predicted octanol–water partition coefficient (Wildman–Crippen LogP) is 1.25. The predicted molar refractivity (Wildman–Crippen MR) is 91.2 cm³/mol. The highest BCUT2D eigenvalue weighted by atomic mass is 16.2. The van der Waals surface area contributed by atoms with E-state index in [0.717, 1.165) is 36.7 Å². The Morgan fingerprint density at radius 1 is 1.17 bits per heavy atom. The number of aryl methyl sites for hydroxylation is 1. The molecule has 0 aliphatic rings. The van der Waals surface area contributed by atoms with Crippen LogP contribution in [0.1, 0.15) is 29.8 Å². The monoisotopic (exact) mass is 316 g/mol. The molecule has 0 saturated heterocycles. The van der Waals surface area contributed by atoms with Crippen molar-refractivity contribution in [3.8, 4) is 0 Å². The second-order valence-electron chi connectivity index (χ2n) is 5.45. The Bertz CT molecular complexity index is 678. The third-order valence-electron chi connectivity index (χ3n) is 3.82. The third kappa shape index (κ3) is 4.32. The molecule has 23 heavy (non-hydrogen) atoms. The highest BCUT2D eigenvalue weighted by Gasteiger charge is 2.15. The molecule has 2 amide bonds. The van der Waals surface area contributed by atoms with Crippen LogP contribution in [0.15, 0.2) is 30.3 Å². The molecule has 0 aliphatic heterocycles. The fraction of sp³-hybridized carbons (Fsp3) is 0.412. The van der Waals surface area contributed by atoms with Crippen molar-refractivity contribution in [2.75, 3.05) is 20.1 Å². The van der Waals surface area contributed by atoms with E-state index in [4.69, 9.17) is 5.73 Å². The number of unbranched alkanes of at least 4 members (excludes halogenated alkanes) is 2. The zero-order valence-electron chi connectivity index (χ0n) is 13.5. The second-order valence-corrected chi connectivity index (χ2v) is 5.45. The van der Waals surface area contributed by atoms with Crippen molar-refractivity contribution in [3.63, 3.8) is 0 Å². The molecule has 6 nitrogen and oxygen atoms in total. The standard InChI is InChI=1S/C17H24N4O2/c1-19-16(22)12-20-17(23)15-11-13-7-3-4-8-14(13)21(15)10-6-2-5-9-18/h3-4,7-8,11H,2,5-6,9-10,12,18H2,1H3,(H,19,22)(H,20,23). The minimum Gasteiger partial charge on any atom is -0.358 e. The summed E-state index contributed by atoms with van der Waals surface area (Å²) >= 11 is 0. The van der Waals surface area contributed by atoms with Gasteiger partial charge in [0.1, 0.15) is 5.69 Å². The normalized spacial score (nSPS) is 10.7. The van der Waals surface area contributed by atoms with E-state index in [0.29, 0.717) is 12.2 Å². The summed E-state index contributed by atoms with van der Waals surface area (Å²) in [5.74, 6) is -0.451. The van der Waals surface area contributed by atoms with Gasteiger partial charge in [-0.25, -0.2) is 0 Å². The highest BCUT2D eigenvalue weighted by Crippen LogP contribution is 2.20. The Balaban J connectivity index is 2.19. The van der Waals surface area contributed by atoms with E-state index in [2.05, 4.69) is 10.6 Å². The number of amides is 2. The SMILES string of the molecule is CNC(=O)CNC(=O)c1cc2ccccc2n1CCCCCN. The van der Waals surface area contributed by atoms with Crippen LogP contribution in [0, 0.1) is 0 Å². The third-order valence-corrected chi connectivity index (χ3v) is 3.82. The largest absolute Gasteiger partial charge is 0.358 e. The molecule has 0 aliphatic carbocycles. The lowest BCUT2D eigenvalue weighted by molar-refractivity contribution is -0.119. The Morgan fingerprint density at radius 2 is 1.96 bits per heavy atom. The number of nitrogens with one attached hydrogen (secondary N) is 2. The summed E-state index contributed by atoms with van der Waals surface area (Å²) in [6.07, 6.45) is 2.98. The topological polar surface area (TPSA) is 89.2 Å². The average Bonchev–Trinajstić information content (AvgIpc) is 2.95. The molecule has 1 aromatic heterocycles. The molecule has 6 heteroatoms. The number of likely N-dealkylation sites (N-methyl/N-ethyl adjacent to an activating group) is 1. The number of nitrogens with two attached hydrogens (primary N) is 1. The van der Waals surface area contributed by atoms with Gasteiger partial charge in [0.2, 0.25) is 5.91 Å². The number of carbonyl (C=O) groups is 2. The minimum absolute atomic E-state index is 0.0238. The van der Waals surface area contributed by atoms with Gasteiger partial charge in [-0.1, -0.05) is 24.6 Å². The molecule has 0 bridgehead atoms. The van der Waals surface area contributed by atoms with Crippen LogP contribution >= 0.6 is 0 Å². The first-order valence-electron chi connectivity index (χ1n) is 7.94. The van der Waals surface area contributed by atoms with Crippen LogP contribution in [0.4, 0.5) is 0 Å². The maximum absolute atomic E-state index is 12.4. The van der Waals surface area contributed by atoms with Gasteiger partial charge in [-0.15, -0.1) is 0 Å². The summed E-state index contributed by atoms with van der Waals surface area (Å²) in [6, 6.07) is 9.78. The molecule has 1 heterocycles. The Labute approximate surface area is 136 Å². The number of hydrogen-bond donors (Lipinski definition) is 3. The molecule has 0 spiro atoms. The van der Waals surface area contributed by atoms with E-state index < -0.39 is 0 Å². The molecule has 2 aromatic rings. The molecule has 0 saturated carbocycles. The summed E-state index contributed by atoms with van der Waals surface area (Å²) < 4.78 is 2.02. The van der Waals surface area contributed by atoms with Gasteiger partial charge < -0.3 is 20.9 Å². The van der Waals surface area contributed by atoms with Gasteiger partial charge in [0.15, 0.2) is 0 Å². The minimum atomic E-state index is -0.233. The number of nitrogens with zero attached hydrogens (tertiary/aromatic N) is 1. The van der Waals surface area contributed by atoms with Crippen LogP contribution in [-0.2, 0) is 11.3 Å². The van der Waals surface area contributed by atoms with Gasteiger partial charge in [-0.3, -0.25) is 9.59 Å². The second kappa shape index (κ2) is 8.33. The summed E-state index contributed by atoms with van der Waals surface area (Å²) in [6.45, 7) is 1.42. The van der Waals surface area contributed by atoms with E-state index in [1.54, 1.807) is 7.05 Å². The van der Waals surface area contributed by atoms with E-state index >= 15 is 0 Å². The van der Waals surface area contributed by atoms with Crippen LogP contribution in [0.5, 0.6) is 0 Å². The van der Waals surface area contributed by atoms with Crippen LogP contribution in [0.3, 0.4) is 0 Å². The molecule has 0 fully saturated rings. The van der Waals surface area contributed by atoms with Crippen LogP contribution in [0.25, 0.3) is 10.9 Å². The number of benzene rings is 1. The Morgan fingerprint density at radius 3 is 2.70 bits per heavy atom. The number of fused-ring (bicyclic) bond motifs is 1. The zero-order chi connectivity index (χ0) is 16.7. The maximum atomic E-state index is 12.4. The lowest BCUT2D eigenvalue weighted by atomic mass is 10.2. The number of hydrogen-bond acceptors (Lipinski definition) is 3. The van der Waals surface area contributed by atoms with E-state index in [-0.39, 0.29) is 18.4 Å². The number of para-hydroxylation sites is 1. The van der Waals surface area contributed by atoms with E-state index in [1.165, 1.54) is 0 Å². The number of carbonyl (C=O) groups excluding carboxylic acids is 2. The summed E-state index contributed by atoms with van der Waals surface area (Å²) in [5.41, 5.74) is 7.15. The average molecular weight is 316 g/mol. The maximum Gasteiger partial charge on any atom is 0.268 e. The first-order valence-corrected chi connectivity index (χ1v) is 7.94. The Kier molecular flexibility index (Phi) is 6.17. The van der Waals surface area contributed by atoms with Crippen LogP contribution < -0.4 is 16.4 Å². The molecule has 0 radical (unpaired) electrons. The molecule has 124 valence electrons. The fourth-order valence-corrected chi connectivity index (χ4v) is 2.57. The van der Waals surface area contributed by atoms with Gasteiger partial charge in [0, 0.05) is 24.5 Å². The molecular formula is C17H24N4O2. The highest BCUT2D eigenvalue weighted by molar-refractivity contribution is 6.00. The smallest absolute Gasteiger partial charge is 0.268 e. The van der Waals surface area contributed by atoms with Crippen molar-refractivity contribution in [1.29, 1.82) is 0 Å². The van der Waals surface area contributed by atoms with Gasteiger partial charge in [-0.05, 0) is 31.5 Å². The van der Waals surface area contributed by atoms with E-state index in [9.17, 15) is 9.59 Å². The van der Waals surface area contributed by atoms with E-state index in [1.807, 2.05) is 34.9 Å². The summed E-state index contributed by atoms with van der Waals surface area (Å²) in [4.78, 5) is 23.7. The molecule has 0 unspecified atom stereocenters. The van der Waals surface area contributed by atoms with Crippen LogP contribution in [0.2, 0.25) is 0 Å². The lowest BCUT2D eigenvalue weighted by Gasteiger charge is -2.11. The first kappa shape index (κ1) is 17.0. The van der Waals surface area contributed by atoms with Crippen molar-refractivity contribution in [3.05, 3.63) is 36.0 Å².